The van der Waals surface area contributed by atoms with E-state index in [9.17, 15) is 4.79 Å². The summed E-state index contributed by atoms with van der Waals surface area (Å²) in [7, 11) is 0. The Kier molecular flexibility index (Phi) is 2.79. The third-order valence-electron chi connectivity index (χ3n) is 1.79. The van der Waals surface area contributed by atoms with E-state index in [0.717, 1.165) is 20.6 Å². The molecule has 1 amide bonds. The zero-order valence-corrected chi connectivity index (χ0v) is 9.69. The van der Waals surface area contributed by atoms with Crippen LogP contribution in [0.2, 0.25) is 0 Å². The fraction of sp³-hybridized carbons (Fsp3) is 0.222. The van der Waals surface area contributed by atoms with Gasteiger partial charge in [-0.2, -0.15) is 0 Å². The molecule has 0 bridgehead atoms. The van der Waals surface area contributed by atoms with Crippen LogP contribution in [0.25, 0.3) is 9.88 Å². The predicted octanol–water partition coefficient (Wildman–Crippen LogP) is 1.60. The number of hydrogen-bond acceptors (Lipinski definition) is 5. The minimum absolute atomic E-state index is 0.205. The molecule has 2 heterocycles. The molecule has 0 radical (unpaired) electrons. The summed E-state index contributed by atoms with van der Waals surface area (Å²) >= 11 is 3.05. The minimum Gasteiger partial charge on any atom is -0.369 e. The van der Waals surface area contributed by atoms with Gasteiger partial charge in [-0.1, -0.05) is 0 Å². The van der Waals surface area contributed by atoms with Crippen LogP contribution in [0.5, 0.6) is 0 Å². The van der Waals surface area contributed by atoms with Gasteiger partial charge in [0.2, 0.25) is 5.91 Å². The number of aryl methyl sites for hydroxylation is 1. The highest BCUT2D eigenvalue weighted by Gasteiger charge is 2.12. The predicted molar refractivity (Wildman–Crippen MR) is 60.9 cm³/mol. The molecule has 0 aliphatic rings. The number of rotatable bonds is 3. The zero-order chi connectivity index (χ0) is 10.8. The molecule has 2 rings (SSSR count). The topological polar surface area (TPSA) is 68.9 Å². The first kappa shape index (κ1) is 10.3. The summed E-state index contributed by atoms with van der Waals surface area (Å²) in [4.78, 5) is 20.3. The van der Waals surface area contributed by atoms with E-state index in [2.05, 4.69) is 9.97 Å². The minimum atomic E-state index is -0.352. The van der Waals surface area contributed by atoms with Gasteiger partial charge in [-0.05, 0) is 6.92 Å². The maximum atomic E-state index is 10.8. The Labute approximate surface area is 94.8 Å². The van der Waals surface area contributed by atoms with Gasteiger partial charge in [-0.3, -0.25) is 4.79 Å². The van der Waals surface area contributed by atoms with Crippen molar-refractivity contribution in [2.75, 3.05) is 0 Å². The largest absolute Gasteiger partial charge is 0.369 e. The second-order valence-corrected chi connectivity index (χ2v) is 4.98. The molecule has 0 saturated heterocycles. The summed E-state index contributed by atoms with van der Waals surface area (Å²) in [5.41, 5.74) is 6.03. The number of carbonyl (C=O) groups excluding carboxylic acids is 1. The van der Waals surface area contributed by atoms with Crippen molar-refractivity contribution in [2.45, 2.75) is 13.3 Å². The van der Waals surface area contributed by atoms with E-state index in [1.54, 1.807) is 17.5 Å². The molecule has 0 aromatic carbocycles. The van der Waals surface area contributed by atoms with E-state index in [-0.39, 0.29) is 12.3 Å². The van der Waals surface area contributed by atoms with E-state index in [1.807, 2.05) is 12.3 Å². The number of hydrogen-bond donors (Lipinski definition) is 1. The molecule has 6 heteroatoms. The molecule has 0 fully saturated rings. The van der Waals surface area contributed by atoms with Crippen molar-refractivity contribution >= 4 is 28.6 Å². The summed E-state index contributed by atoms with van der Waals surface area (Å²) in [6.07, 6.45) is 1.96. The lowest BCUT2D eigenvalue weighted by Crippen LogP contribution is -2.13. The molecule has 2 aromatic heterocycles. The van der Waals surface area contributed by atoms with E-state index < -0.39 is 0 Å². The summed E-state index contributed by atoms with van der Waals surface area (Å²) in [6, 6.07) is 0. The van der Waals surface area contributed by atoms with Gasteiger partial charge in [0.25, 0.3) is 0 Å². The molecular weight excluding hydrogens is 230 g/mol. The second kappa shape index (κ2) is 4.08. The van der Waals surface area contributed by atoms with Crippen molar-refractivity contribution in [3.8, 4) is 9.88 Å². The van der Waals surface area contributed by atoms with Gasteiger partial charge in [0.15, 0.2) is 0 Å². The molecule has 0 unspecified atom stereocenters. The van der Waals surface area contributed by atoms with Crippen LogP contribution in [0.3, 0.4) is 0 Å². The highest BCUT2D eigenvalue weighted by Crippen LogP contribution is 2.31. The van der Waals surface area contributed by atoms with Crippen molar-refractivity contribution in [1.82, 2.24) is 9.97 Å². The van der Waals surface area contributed by atoms with Crippen molar-refractivity contribution in [2.24, 2.45) is 5.73 Å². The van der Waals surface area contributed by atoms with Crippen LogP contribution in [0.4, 0.5) is 0 Å². The van der Waals surface area contributed by atoms with Gasteiger partial charge in [-0.25, -0.2) is 9.97 Å². The molecule has 4 nitrogen and oxygen atoms in total. The van der Waals surface area contributed by atoms with Crippen LogP contribution >= 0.6 is 22.7 Å². The Morgan fingerprint density at radius 3 is 3.00 bits per heavy atom. The average molecular weight is 239 g/mol. The fourth-order valence-corrected chi connectivity index (χ4v) is 3.07. The van der Waals surface area contributed by atoms with E-state index in [4.69, 9.17) is 5.73 Å². The zero-order valence-electron chi connectivity index (χ0n) is 8.06. The summed E-state index contributed by atoms with van der Waals surface area (Å²) < 4.78 is 0. The van der Waals surface area contributed by atoms with Crippen LogP contribution in [0.1, 0.15) is 10.7 Å². The van der Waals surface area contributed by atoms with Crippen molar-refractivity contribution in [3.63, 3.8) is 0 Å². The summed E-state index contributed by atoms with van der Waals surface area (Å²) in [5.74, 6) is -0.352. The van der Waals surface area contributed by atoms with Gasteiger partial charge in [-0.15, -0.1) is 22.7 Å². The number of thiazole rings is 2. The molecule has 0 saturated carbocycles. The van der Waals surface area contributed by atoms with Crippen molar-refractivity contribution in [1.29, 1.82) is 0 Å². The van der Waals surface area contributed by atoms with Crippen LogP contribution < -0.4 is 5.73 Å². The standard InChI is InChI=1S/C9H9N3OS2/c1-5-8(9-11-2-3-14-9)15-7(12-5)4-6(10)13/h2-3H,4H2,1H3,(H2,10,13). The van der Waals surface area contributed by atoms with Gasteiger partial charge >= 0.3 is 0 Å². The Hall–Kier alpha value is -1.27. The first-order valence-electron chi connectivity index (χ1n) is 4.31. The van der Waals surface area contributed by atoms with Crippen LogP contribution in [0.15, 0.2) is 11.6 Å². The highest BCUT2D eigenvalue weighted by molar-refractivity contribution is 7.21. The molecule has 2 N–H and O–H groups in total. The molecule has 15 heavy (non-hydrogen) atoms. The monoisotopic (exact) mass is 239 g/mol. The molecule has 0 aliphatic carbocycles. The lowest BCUT2D eigenvalue weighted by molar-refractivity contribution is -0.117. The van der Waals surface area contributed by atoms with E-state index in [0.29, 0.717) is 0 Å². The van der Waals surface area contributed by atoms with Gasteiger partial charge in [0.05, 0.1) is 17.0 Å². The molecular formula is C9H9N3OS2. The molecule has 0 atom stereocenters. The maximum absolute atomic E-state index is 10.8. The first-order chi connectivity index (χ1) is 7.16. The third kappa shape index (κ3) is 2.21. The Morgan fingerprint density at radius 1 is 1.60 bits per heavy atom. The number of carbonyl (C=O) groups is 1. The Bertz CT molecular complexity index is 476. The summed E-state index contributed by atoms with van der Waals surface area (Å²) in [6.45, 7) is 1.91. The first-order valence-corrected chi connectivity index (χ1v) is 6.01. The number of aromatic nitrogens is 2. The highest BCUT2D eigenvalue weighted by atomic mass is 32.1. The van der Waals surface area contributed by atoms with E-state index in [1.165, 1.54) is 11.3 Å². The second-order valence-electron chi connectivity index (χ2n) is 3.00. The maximum Gasteiger partial charge on any atom is 0.224 e. The van der Waals surface area contributed by atoms with Gasteiger partial charge in [0, 0.05) is 11.6 Å². The molecule has 0 spiro atoms. The SMILES string of the molecule is Cc1nc(CC(N)=O)sc1-c1nccs1. The number of nitrogens with zero attached hydrogens (tertiary/aromatic N) is 2. The Morgan fingerprint density at radius 2 is 2.40 bits per heavy atom. The van der Waals surface area contributed by atoms with Crippen molar-refractivity contribution in [3.05, 3.63) is 22.3 Å². The Balaban J connectivity index is 2.34. The smallest absolute Gasteiger partial charge is 0.224 e. The lowest BCUT2D eigenvalue weighted by atomic mass is 10.4. The molecule has 78 valence electrons. The normalized spacial score (nSPS) is 10.5. The fourth-order valence-electron chi connectivity index (χ4n) is 1.21. The van der Waals surface area contributed by atoms with Crippen molar-refractivity contribution < 1.29 is 4.79 Å². The average Bonchev–Trinajstić information content (AvgIpc) is 2.72. The lowest BCUT2D eigenvalue weighted by Gasteiger charge is -1.88. The third-order valence-corrected chi connectivity index (χ3v) is 3.88. The molecule has 0 aliphatic heterocycles. The van der Waals surface area contributed by atoms with E-state index >= 15 is 0 Å². The van der Waals surface area contributed by atoms with Crippen LogP contribution in [-0.4, -0.2) is 15.9 Å². The van der Waals surface area contributed by atoms with Gasteiger partial charge in [0.1, 0.15) is 10.0 Å². The summed E-state index contributed by atoms with van der Waals surface area (Å²) in [5, 5.41) is 3.62. The number of nitrogens with two attached hydrogens (primary N) is 1. The van der Waals surface area contributed by atoms with Crippen LogP contribution in [0, 0.1) is 6.92 Å². The van der Waals surface area contributed by atoms with Crippen LogP contribution in [-0.2, 0) is 11.2 Å². The quantitative estimate of drug-likeness (QED) is 0.884. The van der Waals surface area contributed by atoms with Gasteiger partial charge < -0.3 is 5.73 Å². The number of amides is 1. The number of primary amides is 1. The molecule has 2 aromatic rings.